The molecule has 6 heteroatoms. The van der Waals surface area contributed by atoms with E-state index in [-0.39, 0.29) is 5.57 Å². The molecule has 0 aliphatic heterocycles. The van der Waals surface area contributed by atoms with Gasteiger partial charge >= 0.3 is 0 Å². The summed E-state index contributed by atoms with van der Waals surface area (Å²) < 4.78 is 0. The standard InChI is InChI=1S/C19H17Cl2N3O/c1-11-7-12(2)17(13(3)8-11)24-19(25)14(9-22)10-23-18-15(20)5-4-6-16(18)21/h4-8,10,23H,1-3H3,(H,24,25)/b14-10-. The average Bonchev–Trinajstić information content (AvgIpc) is 2.53. The van der Waals surface area contributed by atoms with Gasteiger partial charge in [-0.3, -0.25) is 4.79 Å². The zero-order chi connectivity index (χ0) is 18.6. The van der Waals surface area contributed by atoms with E-state index in [1.54, 1.807) is 18.2 Å². The number of hydrogen-bond donors (Lipinski definition) is 2. The normalized spacial score (nSPS) is 11.0. The van der Waals surface area contributed by atoms with Crippen LogP contribution in [0, 0.1) is 32.1 Å². The molecule has 0 aliphatic rings. The van der Waals surface area contributed by atoms with Crippen LogP contribution in [0.25, 0.3) is 0 Å². The molecule has 0 saturated heterocycles. The lowest BCUT2D eigenvalue weighted by molar-refractivity contribution is -0.112. The SMILES string of the molecule is Cc1cc(C)c(NC(=O)/C(C#N)=C\Nc2c(Cl)cccc2Cl)c(C)c1. The first-order chi connectivity index (χ1) is 11.8. The predicted octanol–water partition coefficient (Wildman–Crippen LogP) is 5.38. The third kappa shape index (κ3) is 4.54. The molecule has 25 heavy (non-hydrogen) atoms. The van der Waals surface area contributed by atoms with Crippen LogP contribution in [0.4, 0.5) is 11.4 Å². The number of carbonyl (C=O) groups excluding carboxylic acids is 1. The van der Waals surface area contributed by atoms with Gasteiger partial charge in [0.15, 0.2) is 0 Å². The second-order valence-electron chi connectivity index (χ2n) is 5.64. The summed E-state index contributed by atoms with van der Waals surface area (Å²) in [5, 5.41) is 15.7. The van der Waals surface area contributed by atoms with Crippen molar-refractivity contribution in [2.24, 2.45) is 0 Å². The maximum absolute atomic E-state index is 12.4. The molecule has 0 fully saturated rings. The summed E-state index contributed by atoms with van der Waals surface area (Å²) in [6.07, 6.45) is 1.29. The smallest absolute Gasteiger partial charge is 0.267 e. The van der Waals surface area contributed by atoms with Crippen molar-refractivity contribution in [1.29, 1.82) is 5.26 Å². The van der Waals surface area contributed by atoms with Gasteiger partial charge in [0.25, 0.3) is 5.91 Å². The number of benzene rings is 2. The van der Waals surface area contributed by atoms with Crippen molar-refractivity contribution in [3.8, 4) is 6.07 Å². The van der Waals surface area contributed by atoms with Gasteiger partial charge in [-0.25, -0.2) is 0 Å². The fraction of sp³-hybridized carbons (Fsp3) is 0.158. The largest absolute Gasteiger partial charge is 0.358 e. The molecule has 0 aromatic heterocycles. The highest BCUT2D eigenvalue weighted by Crippen LogP contribution is 2.30. The monoisotopic (exact) mass is 373 g/mol. The molecule has 0 saturated carbocycles. The number of halogens is 2. The maximum atomic E-state index is 12.4. The number of para-hydroxylation sites is 1. The summed E-state index contributed by atoms with van der Waals surface area (Å²) in [5.74, 6) is -0.506. The first-order valence-electron chi connectivity index (χ1n) is 7.53. The second kappa shape index (κ2) is 8.06. The van der Waals surface area contributed by atoms with Gasteiger partial charge in [-0.15, -0.1) is 0 Å². The van der Waals surface area contributed by atoms with E-state index < -0.39 is 5.91 Å². The van der Waals surface area contributed by atoms with Crippen molar-refractivity contribution in [2.75, 3.05) is 10.6 Å². The Hall–Kier alpha value is -2.48. The van der Waals surface area contributed by atoms with Crippen LogP contribution in [-0.4, -0.2) is 5.91 Å². The molecule has 2 aromatic carbocycles. The molecule has 4 nitrogen and oxygen atoms in total. The Labute approximate surface area is 157 Å². The molecule has 2 aromatic rings. The molecule has 0 bridgehead atoms. The van der Waals surface area contributed by atoms with Gasteiger partial charge in [-0.1, -0.05) is 47.0 Å². The minimum atomic E-state index is -0.506. The highest BCUT2D eigenvalue weighted by atomic mass is 35.5. The minimum Gasteiger partial charge on any atom is -0.358 e. The Kier molecular flexibility index (Phi) is 6.08. The van der Waals surface area contributed by atoms with E-state index in [0.29, 0.717) is 21.4 Å². The number of nitriles is 1. The van der Waals surface area contributed by atoms with Gasteiger partial charge < -0.3 is 10.6 Å². The Bertz CT molecular complexity index is 855. The molecular weight excluding hydrogens is 357 g/mol. The maximum Gasteiger partial charge on any atom is 0.267 e. The van der Waals surface area contributed by atoms with Crippen molar-refractivity contribution in [2.45, 2.75) is 20.8 Å². The van der Waals surface area contributed by atoms with Crippen LogP contribution >= 0.6 is 23.2 Å². The van der Waals surface area contributed by atoms with Crippen molar-refractivity contribution >= 4 is 40.5 Å². The van der Waals surface area contributed by atoms with E-state index in [1.807, 2.05) is 39.0 Å². The van der Waals surface area contributed by atoms with Crippen LogP contribution in [0.3, 0.4) is 0 Å². The summed E-state index contributed by atoms with van der Waals surface area (Å²) in [5.41, 5.74) is 4.03. The topological polar surface area (TPSA) is 64.9 Å². The lowest BCUT2D eigenvalue weighted by Crippen LogP contribution is -2.16. The highest BCUT2D eigenvalue weighted by molar-refractivity contribution is 6.39. The van der Waals surface area contributed by atoms with Gasteiger partial charge in [-0.2, -0.15) is 5.26 Å². The van der Waals surface area contributed by atoms with E-state index in [4.69, 9.17) is 23.2 Å². The van der Waals surface area contributed by atoms with E-state index in [1.165, 1.54) is 6.20 Å². The average molecular weight is 374 g/mol. The number of carbonyl (C=O) groups is 1. The van der Waals surface area contributed by atoms with Crippen LogP contribution < -0.4 is 10.6 Å². The number of hydrogen-bond acceptors (Lipinski definition) is 3. The molecule has 128 valence electrons. The van der Waals surface area contributed by atoms with Crippen molar-refractivity contribution in [3.63, 3.8) is 0 Å². The van der Waals surface area contributed by atoms with Crippen LogP contribution in [-0.2, 0) is 4.79 Å². The summed E-state index contributed by atoms with van der Waals surface area (Å²) in [7, 11) is 0. The molecule has 2 N–H and O–H groups in total. The third-order valence-corrected chi connectivity index (χ3v) is 4.23. The van der Waals surface area contributed by atoms with E-state index >= 15 is 0 Å². The number of nitrogens with zero attached hydrogens (tertiary/aromatic N) is 1. The molecule has 0 aliphatic carbocycles. The van der Waals surface area contributed by atoms with Gasteiger partial charge in [0, 0.05) is 11.9 Å². The van der Waals surface area contributed by atoms with Crippen molar-refractivity contribution < 1.29 is 4.79 Å². The fourth-order valence-electron chi connectivity index (χ4n) is 2.49. The Morgan fingerprint density at radius 3 is 2.16 bits per heavy atom. The molecule has 1 amide bonds. The summed E-state index contributed by atoms with van der Waals surface area (Å²) in [6.45, 7) is 5.81. The minimum absolute atomic E-state index is 0.0876. The molecular formula is C19H17Cl2N3O. The van der Waals surface area contributed by atoms with E-state index in [0.717, 1.165) is 16.7 Å². The number of anilines is 2. The quantitative estimate of drug-likeness (QED) is 0.558. The van der Waals surface area contributed by atoms with Gasteiger partial charge in [-0.05, 0) is 44.0 Å². The molecule has 2 rings (SSSR count). The van der Waals surface area contributed by atoms with Crippen molar-refractivity contribution in [1.82, 2.24) is 0 Å². The number of nitrogens with one attached hydrogen (secondary N) is 2. The van der Waals surface area contributed by atoms with Crippen LogP contribution in [0.2, 0.25) is 10.0 Å². The van der Waals surface area contributed by atoms with Gasteiger partial charge in [0.1, 0.15) is 11.6 Å². The Morgan fingerprint density at radius 1 is 1.08 bits per heavy atom. The summed E-state index contributed by atoms with van der Waals surface area (Å²) >= 11 is 12.1. The van der Waals surface area contributed by atoms with Crippen LogP contribution in [0.15, 0.2) is 42.1 Å². The van der Waals surface area contributed by atoms with Crippen molar-refractivity contribution in [3.05, 3.63) is 68.8 Å². The van der Waals surface area contributed by atoms with Gasteiger partial charge in [0.05, 0.1) is 15.7 Å². The molecule has 0 radical (unpaired) electrons. The predicted molar refractivity (Wildman–Crippen MR) is 103 cm³/mol. The number of aryl methyl sites for hydroxylation is 3. The third-order valence-electron chi connectivity index (χ3n) is 3.60. The van der Waals surface area contributed by atoms with E-state index in [9.17, 15) is 10.1 Å². The van der Waals surface area contributed by atoms with Gasteiger partial charge in [0.2, 0.25) is 0 Å². The fourth-order valence-corrected chi connectivity index (χ4v) is 2.99. The lowest BCUT2D eigenvalue weighted by Gasteiger charge is -2.13. The molecule has 0 unspecified atom stereocenters. The zero-order valence-corrected chi connectivity index (χ0v) is 15.6. The first kappa shape index (κ1) is 18.9. The second-order valence-corrected chi connectivity index (χ2v) is 6.45. The van der Waals surface area contributed by atoms with Crippen LogP contribution in [0.1, 0.15) is 16.7 Å². The summed E-state index contributed by atoms with van der Waals surface area (Å²) in [4.78, 5) is 12.4. The number of rotatable bonds is 4. The number of amides is 1. The lowest BCUT2D eigenvalue weighted by atomic mass is 10.0. The molecule has 0 atom stereocenters. The summed E-state index contributed by atoms with van der Waals surface area (Å²) in [6, 6.07) is 10.9. The zero-order valence-electron chi connectivity index (χ0n) is 14.1. The highest BCUT2D eigenvalue weighted by Gasteiger charge is 2.13. The van der Waals surface area contributed by atoms with E-state index in [2.05, 4.69) is 10.6 Å². The molecule has 0 spiro atoms. The first-order valence-corrected chi connectivity index (χ1v) is 8.29. The molecule has 0 heterocycles. The Balaban J connectivity index is 2.24. The van der Waals surface area contributed by atoms with Crippen LogP contribution in [0.5, 0.6) is 0 Å². The Morgan fingerprint density at radius 2 is 1.64 bits per heavy atom.